The molecule has 0 radical (unpaired) electrons. The molecular weight excluding hydrogens is 574 g/mol. The molecule has 39 heavy (non-hydrogen) atoms. The fourth-order valence-electron chi connectivity index (χ4n) is 3.94. The Morgan fingerprint density at radius 3 is 1.72 bits per heavy atom. The third kappa shape index (κ3) is 5.62. The minimum atomic E-state index is -4.54. The van der Waals surface area contributed by atoms with Crippen LogP contribution >= 0.6 is 11.8 Å². The van der Waals surface area contributed by atoms with E-state index in [1.54, 1.807) is 36.4 Å². The number of halogens is 1. The van der Waals surface area contributed by atoms with Crippen LogP contribution in [-0.2, 0) is 20.2 Å². The first-order valence-electron chi connectivity index (χ1n) is 10.8. The number of hydrogen-bond acceptors (Lipinski definition) is 11. The Bertz CT molecular complexity index is 1950. The molecule has 0 spiro atoms. The Morgan fingerprint density at radius 1 is 0.744 bits per heavy atom. The first kappa shape index (κ1) is 26.3. The summed E-state index contributed by atoms with van der Waals surface area (Å²) in [7, 11) is -9.07. The Labute approximate surface area is 226 Å². The average molecular weight is 592 g/mol. The maximum atomic E-state index is 11.5. The Hall–Kier alpha value is -4.28. The molecule has 0 aliphatic carbocycles. The number of fused-ring (bicyclic) bond motifs is 2. The summed E-state index contributed by atoms with van der Waals surface area (Å²) >= 11 is 6.07. The van der Waals surface area contributed by atoms with Crippen molar-refractivity contribution in [1.29, 1.82) is 0 Å². The fraction of sp³-hybridized carbons (Fsp3) is 0. The number of hydrazone groups is 1. The molecule has 4 aromatic carbocycles. The molecule has 0 unspecified atom stereocenters. The fourth-order valence-corrected chi connectivity index (χ4v) is 5.19. The van der Waals surface area contributed by atoms with Crippen LogP contribution in [0.2, 0.25) is 0 Å². The first-order chi connectivity index (χ1) is 18.3. The van der Waals surface area contributed by atoms with E-state index in [1.807, 2.05) is 0 Å². The molecule has 0 amide bonds. The van der Waals surface area contributed by atoms with Crippen LogP contribution in [0.25, 0.3) is 21.5 Å². The smallest absolute Gasteiger partial charge is 0.294 e. The van der Waals surface area contributed by atoms with Crippen molar-refractivity contribution in [2.75, 3.05) is 10.6 Å². The van der Waals surface area contributed by atoms with Crippen molar-refractivity contribution in [2.45, 2.75) is 9.79 Å². The molecule has 7 N–H and O–H groups in total. The zero-order chi connectivity index (χ0) is 28.1. The van der Waals surface area contributed by atoms with E-state index in [-0.39, 0.29) is 17.3 Å². The van der Waals surface area contributed by atoms with Crippen LogP contribution in [0.3, 0.4) is 0 Å². The minimum absolute atomic E-state index is 0.243. The predicted molar refractivity (Wildman–Crippen MR) is 144 cm³/mol. The van der Waals surface area contributed by atoms with Gasteiger partial charge in [0.25, 0.3) is 20.2 Å². The number of hydrogen-bond donors (Lipinski definition) is 7. The van der Waals surface area contributed by atoms with Gasteiger partial charge in [-0.25, -0.2) is 0 Å². The molecule has 5 rings (SSSR count). The molecule has 0 bridgehead atoms. The van der Waals surface area contributed by atoms with Gasteiger partial charge in [0.05, 0.1) is 21.6 Å². The van der Waals surface area contributed by atoms with Crippen molar-refractivity contribution in [3.05, 3.63) is 72.6 Å². The lowest BCUT2D eigenvalue weighted by Gasteiger charge is -2.23. The first-order valence-corrected chi connectivity index (χ1v) is 14.0. The molecule has 0 aromatic heterocycles. The standard InChI is InChI=1S/C23H18ClN5O8S2/c24-29-27-22(25-14-1-3-18-12(5-14)7-16(9-20(18)30)38(32,33)34)11-23(28-29)26-15-2-4-19-13(6-15)8-17(10-21(19)31)39(35,36)37/h1-11,25,27,30-31H,(H,26,28)(H,32,33,34)(H,35,36,37). The monoisotopic (exact) mass is 591 g/mol. The van der Waals surface area contributed by atoms with Crippen LogP contribution in [0.1, 0.15) is 0 Å². The molecule has 1 aliphatic heterocycles. The van der Waals surface area contributed by atoms with E-state index in [2.05, 4.69) is 21.2 Å². The summed E-state index contributed by atoms with van der Waals surface area (Å²) < 4.78 is 65.6. The molecule has 16 heteroatoms. The van der Waals surface area contributed by atoms with Crippen molar-refractivity contribution in [2.24, 2.45) is 5.10 Å². The highest BCUT2D eigenvalue weighted by Gasteiger charge is 2.17. The number of nitrogens with one attached hydrogen (secondary N) is 3. The number of nitrogens with zero attached hydrogens (tertiary/aromatic N) is 2. The molecule has 0 saturated heterocycles. The van der Waals surface area contributed by atoms with Gasteiger partial charge in [-0.3, -0.25) is 14.5 Å². The van der Waals surface area contributed by atoms with Crippen molar-refractivity contribution in [3.63, 3.8) is 0 Å². The van der Waals surface area contributed by atoms with Gasteiger partial charge in [-0.15, -0.1) is 9.74 Å². The largest absolute Gasteiger partial charge is 0.507 e. The van der Waals surface area contributed by atoms with E-state index in [4.69, 9.17) is 11.8 Å². The Balaban J connectivity index is 1.43. The van der Waals surface area contributed by atoms with Gasteiger partial charge in [-0.05, 0) is 59.3 Å². The van der Waals surface area contributed by atoms with Gasteiger partial charge in [0.2, 0.25) is 0 Å². The third-order valence-electron chi connectivity index (χ3n) is 5.64. The van der Waals surface area contributed by atoms with Gasteiger partial charge in [0.15, 0.2) is 5.84 Å². The summed E-state index contributed by atoms with van der Waals surface area (Å²) in [5, 5.41) is 31.8. The molecule has 202 valence electrons. The lowest BCUT2D eigenvalue weighted by atomic mass is 10.1. The number of rotatable bonds is 5. The van der Waals surface area contributed by atoms with Crippen LogP contribution in [0, 0.1) is 0 Å². The van der Waals surface area contributed by atoms with E-state index in [1.165, 1.54) is 18.2 Å². The minimum Gasteiger partial charge on any atom is -0.507 e. The van der Waals surface area contributed by atoms with E-state index in [0.29, 0.717) is 38.7 Å². The Morgan fingerprint density at radius 2 is 1.23 bits per heavy atom. The number of aromatic hydroxyl groups is 2. The van der Waals surface area contributed by atoms with E-state index < -0.39 is 30.0 Å². The second kappa shape index (κ2) is 9.48. The number of hydrazine groups is 1. The van der Waals surface area contributed by atoms with Gasteiger partial charge in [0.1, 0.15) is 17.3 Å². The summed E-state index contributed by atoms with van der Waals surface area (Å²) in [5.74, 6) is -0.0618. The van der Waals surface area contributed by atoms with Crippen molar-refractivity contribution in [1.82, 2.24) is 10.1 Å². The van der Waals surface area contributed by atoms with Crippen LogP contribution in [0.15, 0.2) is 87.5 Å². The van der Waals surface area contributed by atoms with Gasteiger partial charge in [-0.1, -0.05) is 0 Å². The zero-order valence-corrected chi connectivity index (χ0v) is 21.8. The van der Waals surface area contributed by atoms with E-state index in [0.717, 1.165) is 16.8 Å². The quantitative estimate of drug-likeness (QED) is 0.132. The number of amidine groups is 1. The van der Waals surface area contributed by atoms with Gasteiger partial charge < -0.3 is 20.8 Å². The van der Waals surface area contributed by atoms with Crippen LogP contribution in [0.5, 0.6) is 11.5 Å². The Kier molecular flexibility index (Phi) is 6.40. The second-order valence-corrected chi connectivity index (χ2v) is 11.5. The summed E-state index contributed by atoms with van der Waals surface area (Å²) in [5.41, 5.74) is 3.67. The molecule has 1 heterocycles. The number of phenols is 2. The summed E-state index contributed by atoms with van der Waals surface area (Å²) in [4.78, 5) is -0.924. The number of phenolic OH excluding ortho intramolecular Hbond substituents is 2. The lowest BCUT2D eigenvalue weighted by molar-refractivity contribution is 0.395. The lowest BCUT2D eigenvalue weighted by Crippen LogP contribution is -2.35. The van der Waals surface area contributed by atoms with Crippen LogP contribution in [-0.4, -0.2) is 46.6 Å². The van der Waals surface area contributed by atoms with E-state index in [9.17, 15) is 36.2 Å². The van der Waals surface area contributed by atoms with Crippen molar-refractivity contribution < 1.29 is 36.2 Å². The number of anilines is 2. The molecule has 13 nitrogen and oxygen atoms in total. The van der Waals surface area contributed by atoms with Gasteiger partial charge in [-0.2, -0.15) is 16.8 Å². The molecule has 0 atom stereocenters. The molecular formula is C23H18ClN5O8S2. The maximum absolute atomic E-state index is 11.5. The summed E-state index contributed by atoms with van der Waals surface area (Å²) in [6, 6.07) is 13.8. The highest BCUT2D eigenvalue weighted by Crippen LogP contribution is 2.32. The normalized spacial score (nSPS) is 14.1. The third-order valence-corrected chi connectivity index (χ3v) is 7.47. The predicted octanol–water partition coefficient (Wildman–Crippen LogP) is 3.55. The topological polar surface area (TPSA) is 201 Å². The number of benzene rings is 4. The molecule has 0 saturated carbocycles. The average Bonchev–Trinajstić information content (AvgIpc) is 2.82. The maximum Gasteiger partial charge on any atom is 0.294 e. The molecule has 0 fully saturated rings. The molecule has 1 aliphatic rings. The van der Waals surface area contributed by atoms with Crippen molar-refractivity contribution in [3.8, 4) is 11.5 Å². The van der Waals surface area contributed by atoms with Crippen LogP contribution < -0.4 is 16.1 Å². The highest BCUT2D eigenvalue weighted by atomic mass is 35.5. The molecule has 4 aromatic rings. The van der Waals surface area contributed by atoms with Gasteiger partial charge >= 0.3 is 0 Å². The summed E-state index contributed by atoms with van der Waals surface area (Å²) in [6.45, 7) is 0. The zero-order valence-electron chi connectivity index (χ0n) is 19.4. The van der Waals surface area contributed by atoms with Gasteiger partial charge in [0, 0.05) is 40.4 Å². The second-order valence-electron chi connectivity index (χ2n) is 8.37. The van der Waals surface area contributed by atoms with E-state index >= 15 is 0 Å². The summed E-state index contributed by atoms with van der Waals surface area (Å²) in [6.07, 6.45) is 1.55. The van der Waals surface area contributed by atoms with Crippen molar-refractivity contribution >= 4 is 70.8 Å². The van der Waals surface area contributed by atoms with Crippen LogP contribution in [0.4, 0.5) is 11.4 Å². The SMILES string of the molecule is O=S(=O)(O)c1cc(O)c2ccc(NC3=CC(Nc4ccc5c(O)cc(S(=O)(=O)O)cc5c4)=NN(Cl)N3)cc2c1. The highest BCUT2D eigenvalue weighted by molar-refractivity contribution is 7.86.